The predicted octanol–water partition coefficient (Wildman–Crippen LogP) is 0.211. The SMILES string of the molecule is COCCN(CC(=O)N(C)C)C(=O)CC1(N)CCCC1. The quantitative estimate of drug-likeness (QED) is 0.725. The van der Waals surface area contributed by atoms with Gasteiger partial charge in [-0.15, -0.1) is 0 Å². The predicted molar refractivity (Wildman–Crippen MR) is 77.2 cm³/mol. The summed E-state index contributed by atoms with van der Waals surface area (Å²) in [5.41, 5.74) is 5.86. The van der Waals surface area contributed by atoms with Crippen molar-refractivity contribution in [1.82, 2.24) is 9.80 Å². The van der Waals surface area contributed by atoms with Crippen molar-refractivity contribution in [3.05, 3.63) is 0 Å². The fraction of sp³-hybridized carbons (Fsp3) is 0.857. The molecule has 0 bridgehead atoms. The summed E-state index contributed by atoms with van der Waals surface area (Å²) in [6.07, 6.45) is 4.26. The van der Waals surface area contributed by atoms with E-state index in [0.29, 0.717) is 19.6 Å². The van der Waals surface area contributed by atoms with Gasteiger partial charge in [0.15, 0.2) is 0 Å². The molecule has 0 aromatic carbocycles. The number of nitrogens with zero attached hydrogens (tertiary/aromatic N) is 2. The lowest BCUT2D eigenvalue weighted by molar-refractivity contribution is -0.140. The molecule has 0 radical (unpaired) electrons. The van der Waals surface area contributed by atoms with Gasteiger partial charge in [0, 0.05) is 39.7 Å². The van der Waals surface area contributed by atoms with Crippen molar-refractivity contribution >= 4 is 11.8 Å². The standard InChI is InChI=1S/C14H27N3O3/c1-16(2)13(19)11-17(8-9-20-3)12(18)10-14(15)6-4-5-7-14/h4-11,15H2,1-3H3. The van der Waals surface area contributed by atoms with Gasteiger partial charge in [-0.1, -0.05) is 12.8 Å². The van der Waals surface area contributed by atoms with Gasteiger partial charge in [0.1, 0.15) is 0 Å². The van der Waals surface area contributed by atoms with Crippen molar-refractivity contribution < 1.29 is 14.3 Å². The van der Waals surface area contributed by atoms with E-state index in [1.807, 2.05) is 0 Å². The summed E-state index contributed by atoms with van der Waals surface area (Å²) in [7, 11) is 4.95. The monoisotopic (exact) mass is 285 g/mol. The topological polar surface area (TPSA) is 75.9 Å². The summed E-state index contributed by atoms with van der Waals surface area (Å²) in [4.78, 5) is 27.2. The Morgan fingerprint density at radius 2 is 1.80 bits per heavy atom. The van der Waals surface area contributed by atoms with Gasteiger partial charge in [-0.2, -0.15) is 0 Å². The highest BCUT2D eigenvalue weighted by atomic mass is 16.5. The first-order chi connectivity index (χ1) is 9.38. The van der Waals surface area contributed by atoms with Crippen LogP contribution in [0.5, 0.6) is 0 Å². The van der Waals surface area contributed by atoms with E-state index in [0.717, 1.165) is 25.7 Å². The second kappa shape index (κ2) is 7.59. The average Bonchev–Trinajstić information content (AvgIpc) is 2.80. The van der Waals surface area contributed by atoms with Gasteiger partial charge in [0.2, 0.25) is 11.8 Å². The number of methoxy groups -OCH3 is 1. The summed E-state index contributed by atoms with van der Waals surface area (Å²) >= 11 is 0. The van der Waals surface area contributed by atoms with E-state index in [1.165, 1.54) is 4.90 Å². The Kier molecular flexibility index (Phi) is 6.42. The summed E-state index contributed by atoms with van der Waals surface area (Å²) in [5.74, 6) is -0.145. The number of carbonyl (C=O) groups excluding carboxylic acids is 2. The highest BCUT2D eigenvalue weighted by molar-refractivity contribution is 5.85. The van der Waals surface area contributed by atoms with Crippen LogP contribution in [0.3, 0.4) is 0 Å². The number of amides is 2. The number of hydrogen-bond acceptors (Lipinski definition) is 4. The van der Waals surface area contributed by atoms with Crippen LogP contribution in [-0.2, 0) is 14.3 Å². The fourth-order valence-corrected chi connectivity index (χ4v) is 2.47. The molecule has 0 saturated heterocycles. The van der Waals surface area contributed by atoms with Crippen molar-refractivity contribution in [1.29, 1.82) is 0 Å². The minimum Gasteiger partial charge on any atom is -0.383 e. The summed E-state index contributed by atoms with van der Waals surface area (Å²) < 4.78 is 5.01. The molecule has 0 aromatic heterocycles. The lowest BCUT2D eigenvalue weighted by Gasteiger charge is -2.29. The van der Waals surface area contributed by atoms with Gasteiger partial charge in [-0.05, 0) is 12.8 Å². The van der Waals surface area contributed by atoms with Crippen LogP contribution in [0.25, 0.3) is 0 Å². The van der Waals surface area contributed by atoms with Gasteiger partial charge in [-0.3, -0.25) is 9.59 Å². The zero-order chi connectivity index (χ0) is 15.2. The number of carbonyl (C=O) groups is 2. The largest absolute Gasteiger partial charge is 0.383 e. The maximum atomic E-state index is 12.4. The first-order valence-electron chi connectivity index (χ1n) is 7.14. The molecule has 20 heavy (non-hydrogen) atoms. The highest BCUT2D eigenvalue weighted by Crippen LogP contribution is 2.30. The van der Waals surface area contributed by atoms with Crippen LogP contribution >= 0.6 is 0 Å². The number of hydrogen-bond donors (Lipinski definition) is 1. The third-order valence-electron chi connectivity index (χ3n) is 3.85. The van der Waals surface area contributed by atoms with E-state index in [9.17, 15) is 9.59 Å². The molecule has 6 nitrogen and oxygen atoms in total. The summed E-state index contributed by atoms with van der Waals surface area (Å²) in [6.45, 7) is 0.931. The Morgan fingerprint density at radius 3 is 2.30 bits per heavy atom. The van der Waals surface area contributed by atoms with E-state index < -0.39 is 0 Å². The molecule has 0 spiro atoms. The molecule has 0 atom stereocenters. The Hall–Kier alpha value is -1.14. The van der Waals surface area contributed by atoms with E-state index in [4.69, 9.17) is 10.5 Å². The molecule has 1 saturated carbocycles. The normalized spacial score (nSPS) is 17.0. The second-order valence-corrected chi connectivity index (χ2v) is 5.84. The van der Waals surface area contributed by atoms with Crippen molar-refractivity contribution in [3.63, 3.8) is 0 Å². The van der Waals surface area contributed by atoms with Crippen LogP contribution in [0.15, 0.2) is 0 Å². The molecule has 0 aliphatic heterocycles. The molecule has 116 valence electrons. The van der Waals surface area contributed by atoms with Crippen molar-refractivity contribution in [2.24, 2.45) is 5.73 Å². The number of nitrogens with two attached hydrogens (primary N) is 1. The third kappa shape index (κ3) is 5.09. The Balaban J connectivity index is 2.61. The van der Waals surface area contributed by atoms with Crippen LogP contribution in [0.4, 0.5) is 0 Å². The van der Waals surface area contributed by atoms with Crippen molar-refractivity contribution in [2.75, 3.05) is 40.9 Å². The number of likely N-dealkylation sites (N-methyl/N-ethyl adjacent to an activating group) is 1. The zero-order valence-corrected chi connectivity index (χ0v) is 12.9. The smallest absolute Gasteiger partial charge is 0.241 e. The van der Waals surface area contributed by atoms with Crippen LogP contribution in [0.2, 0.25) is 0 Å². The maximum Gasteiger partial charge on any atom is 0.241 e. The summed E-state index contributed by atoms with van der Waals surface area (Å²) in [5, 5.41) is 0. The van der Waals surface area contributed by atoms with Crippen LogP contribution in [0, 0.1) is 0 Å². The molecule has 0 aromatic rings. The van der Waals surface area contributed by atoms with Gasteiger partial charge in [0.25, 0.3) is 0 Å². The minimum absolute atomic E-state index is 0.0540. The lowest BCUT2D eigenvalue weighted by atomic mass is 9.94. The van der Waals surface area contributed by atoms with Gasteiger partial charge in [-0.25, -0.2) is 0 Å². The molecular weight excluding hydrogens is 258 g/mol. The van der Waals surface area contributed by atoms with Gasteiger partial charge < -0.3 is 20.3 Å². The first-order valence-corrected chi connectivity index (χ1v) is 7.14. The first kappa shape index (κ1) is 16.9. The third-order valence-corrected chi connectivity index (χ3v) is 3.85. The van der Waals surface area contributed by atoms with Crippen molar-refractivity contribution in [3.8, 4) is 0 Å². The average molecular weight is 285 g/mol. The lowest BCUT2D eigenvalue weighted by Crippen LogP contribution is -2.47. The molecule has 2 amide bonds. The van der Waals surface area contributed by atoms with Gasteiger partial charge >= 0.3 is 0 Å². The molecule has 1 aliphatic carbocycles. The molecule has 6 heteroatoms. The Labute approximate surface area is 121 Å². The molecular formula is C14H27N3O3. The van der Waals surface area contributed by atoms with E-state index in [1.54, 1.807) is 26.1 Å². The molecule has 1 fully saturated rings. The Morgan fingerprint density at radius 1 is 1.20 bits per heavy atom. The molecule has 1 rings (SSSR count). The molecule has 1 aliphatic rings. The van der Waals surface area contributed by atoms with Gasteiger partial charge in [0.05, 0.1) is 13.2 Å². The zero-order valence-electron chi connectivity index (χ0n) is 12.9. The second-order valence-electron chi connectivity index (χ2n) is 5.84. The van der Waals surface area contributed by atoms with E-state index >= 15 is 0 Å². The van der Waals surface area contributed by atoms with Crippen LogP contribution in [-0.4, -0.2) is 68.1 Å². The van der Waals surface area contributed by atoms with Crippen molar-refractivity contribution in [2.45, 2.75) is 37.6 Å². The molecule has 0 heterocycles. The summed E-state index contributed by atoms with van der Waals surface area (Å²) in [6, 6.07) is 0. The number of rotatable bonds is 7. The molecule has 2 N–H and O–H groups in total. The van der Waals surface area contributed by atoms with E-state index in [2.05, 4.69) is 0 Å². The van der Waals surface area contributed by atoms with Crippen LogP contribution in [0.1, 0.15) is 32.1 Å². The minimum atomic E-state index is -0.385. The maximum absolute atomic E-state index is 12.4. The number of ether oxygens (including phenoxy) is 1. The Bertz CT molecular complexity index is 339. The van der Waals surface area contributed by atoms with Crippen LogP contribution < -0.4 is 5.73 Å². The fourth-order valence-electron chi connectivity index (χ4n) is 2.47. The van der Waals surface area contributed by atoms with E-state index in [-0.39, 0.29) is 23.9 Å². The molecule has 0 unspecified atom stereocenters. The highest BCUT2D eigenvalue weighted by Gasteiger charge is 2.33.